The zero-order valence-corrected chi connectivity index (χ0v) is 27.2. The predicted octanol–water partition coefficient (Wildman–Crippen LogP) is 6.62. The molecule has 12 heteroatoms. The number of aromatic hydroxyl groups is 1. The average molecular weight is 694 g/mol. The zero-order valence-electron chi connectivity index (χ0n) is 24.8. The maximum atomic E-state index is 13.6. The summed E-state index contributed by atoms with van der Waals surface area (Å²) >= 11 is 4.20. The number of ether oxygens (including phenoxy) is 3. The Hall–Kier alpha value is -4.68. The smallest absolute Gasteiger partial charge is 0.350 e. The molecule has 0 radical (unpaired) electrons. The molecule has 1 aliphatic heterocycles. The fourth-order valence-corrected chi connectivity index (χ4v) is 6.37. The maximum Gasteiger partial charge on any atom is 0.350 e. The molecule has 2 N–H and O–H groups in total. The molecule has 10 nitrogen and oxygen atoms in total. The lowest BCUT2D eigenvalue weighted by Gasteiger charge is -2.24. The molecule has 45 heavy (non-hydrogen) atoms. The van der Waals surface area contributed by atoms with Gasteiger partial charge in [0.25, 0.3) is 5.78 Å². The molecule has 1 saturated heterocycles. The Morgan fingerprint density at radius 2 is 1.80 bits per heavy atom. The highest BCUT2D eigenvalue weighted by Crippen LogP contribution is 2.47. The number of carbonyl (C=O) groups excluding carboxylic acids is 3. The van der Waals surface area contributed by atoms with Crippen LogP contribution in [0.3, 0.4) is 0 Å². The normalized spacial score (nSPS) is 15.8. The van der Waals surface area contributed by atoms with E-state index >= 15 is 0 Å². The quantitative estimate of drug-likeness (QED) is 0.0859. The van der Waals surface area contributed by atoms with Crippen LogP contribution in [0.15, 0.2) is 70.7 Å². The number of phenols is 1. The molecule has 0 bridgehead atoms. The minimum Gasteiger partial charge on any atom is -0.507 e. The van der Waals surface area contributed by atoms with Gasteiger partial charge in [-0.25, -0.2) is 9.78 Å². The number of rotatable bonds is 9. The Bertz CT molecular complexity index is 1830. The monoisotopic (exact) mass is 692 g/mol. The number of aromatic nitrogens is 1. The van der Waals surface area contributed by atoms with Crippen LogP contribution in [0.2, 0.25) is 0 Å². The number of hydrogen-bond donors (Lipinski definition) is 2. The van der Waals surface area contributed by atoms with E-state index < -0.39 is 29.5 Å². The molecule has 1 amide bonds. The van der Waals surface area contributed by atoms with Crippen LogP contribution in [0.5, 0.6) is 17.2 Å². The number of methoxy groups -OCH3 is 1. The van der Waals surface area contributed by atoms with Crippen molar-refractivity contribution < 1.29 is 38.8 Å². The highest BCUT2D eigenvalue weighted by molar-refractivity contribution is 9.10. The van der Waals surface area contributed by atoms with E-state index in [9.17, 15) is 24.6 Å². The average Bonchev–Trinajstić information content (AvgIpc) is 3.54. The summed E-state index contributed by atoms with van der Waals surface area (Å²) < 4.78 is 16.6. The molecule has 5 rings (SSSR count). The fourth-order valence-electron chi connectivity index (χ4n) is 4.92. The zero-order chi connectivity index (χ0) is 32.4. The van der Waals surface area contributed by atoms with E-state index in [0.29, 0.717) is 23.6 Å². The first-order valence-electron chi connectivity index (χ1n) is 13.8. The van der Waals surface area contributed by atoms with E-state index in [4.69, 9.17) is 14.2 Å². The molecule has 0 aliphatic carbocycles. The highest BCUT2D eigenvalue weighted by Gasteiger charge is 2.49. The van der Waals surface area contributed by atoms with Crippen LogP contribution in [-0.4, -0.2) is 46.6 Å². The van der Waals surface area contributed by atoms with E-state index in [0.717, 1.165) is 27.4 Å². The molecule has 1 aromatic heterocycles. The number of hydrogen-bond acceptors (Lipinski definition) is 10. The number of nitrogens with zero attached hydrogens (tertiary/aromatic N) is 2. The van der Waals surface area contributed by atoms with Gasteiger partial charge in [-0.15, -0.1) is 0 Å². The fraction of sp³-hybridized carbons (Fsp3) is 0.212. The second-order valence-corrected chi connectivity index (χ2v) is 11.9. The Morgan fingerprint density at radius 3 is 2.47 bits per heavy atom. The third-order valence-electron chi connectivity index (χ3n) is 7.27. The molecule has 1 aliphatic rings. The third kappa shape index (κ3) is 6.16. The van der Waals surface area contributed by atoms with Crippen molar-refractivity contribution >= 4 is 55.8 Å². The predicted molar refractivity (Wildman–Crippen MR) is 172 cm³/mol. The summed E-state index contributed by atoms with van der Waals surface area (Å²) in [6, 6.07) is 16.2. The van der Waals surface area contributed by atoms with Gasteiger partial charge in [-0.1, -0.05) is 35.6 Å². The first-order valence-corrected chi connectivity index (χ1v) is 15.5. The molecule has 1 fully saturated rings. The number of esters is 1. The lowest BCUT2D eigenvalue weighted by Crippen LogP contribution is -2.29. The largest absolute Gasteiger partial charge is 0.507 e. The van der Waals surface area contributed by atoms with Crippen molar-refractivity contribution in [2.75, 3.05) is 18.6 Å². The van der Waals surface area contributed by atoms with Crippen molar-refractivity contribution in [3.8, 4) is 17.2 Å². The second-order valence-electron chi connectivity index (χ2n) is 10.1. The summed E-state index contributed by atoms with van der Waals surface area (Å²) in [6.07, 6.45) is 0. The first-order chi connectivity index (χ1) is 21.5. The van der Waals surface area contributed by atoms with Crippen LogP contribution in [0.1, 0.15) is 50.6 Å². The summed E-state index contributed by atoms with van der Waals surface area (Å²) in [6.45, 7) is 5.76. The van der Waals surface area contributed by atoms with E-state index in [-0.39, 0.29) is 43.7 Å². The Morgan fingerprint density at radius 1 is 1.09 bits per heavy atom. The lowest BCUT2D eigenvalue weighted by atomic mass is 9.95. The van der Waals surface area contributed by atoms with Gasteiger partial charge in [-0.3, -0.25) is 14.5 Å². The highest BCUT2D eigenvalue weighted by atomic mass is 79.9. The van der Waals surface area contributed by atoms with Gasteiger partial charge in [0.15, 0.2) is 16.6 Å². The standard InChI is InChI=1S/C33H29BrN2O8S/c1-5-43-32(41)30-18(3)35-33(45-30)36-26(21-14-23(34)28(38)24(15-21)42-4)25(29(39)31(36)40)27(37)19-10-12-22(13-11-19)44-16-20-9-7-6-8-17(20)2/h6-15,26,37-38H,5,16H2,1-4H3/b27-25+. The number of Topliss-reactive ketones (excluding diaryl/α,β-unsaturated/α-hetero) is 1. The Balaban J connectivity index is 1.59. The molecule has 1 unspecified atom stereocenters. The molecule has 0 saturated carbocycles. The van der Waals surface area contributed by atoms with Crippen LogP contribution in [0.4, 0.5) is 5.13 Å². The van der Waals surface area contributed by atoms with Gasteiger partial charge in [0.1, 0.15) is 23.0 Å². The van der Waals surface area contributed by atoms with Crippen molar-refractivity contribution in [3.63, 3.8) is 0 Å². The maximum absolute atomic E-state index is 13.6. The molecule has 4 aromatic rings. The van der Waals surface area contributed by atoms with Crippen LogP contribution in [0.25, 0.3) is 5.76 Å². The number of benzene rings is 3. The number of aryl methyl sites for hydroxylation is 2. The molecule has 0 spiro atoms. The minimum atomic E-state index is -1.19. The molecular formula is C33H29BrN2O8S. The minimum absolute atomic E-state index is 0.0600. The van der Waals surface area contributed by atoms with Crippen molar-refractivity contribution in [1.29, 1.82) is 0 Å². The van der Waals surface area contributed by atoms with Crippen LogP contribution >= 0.6 is 27.3 Å². The van der Waals surface area contributed by atoms with E-state index in [2.05, 4.69) is 20.9 Å². The SMILES string of the molecule is CCOC(=O)c1sc(N2C(=O)C(=O)/C(=C(/O)c3ccc(OCc4ccccc4C)cc3)C2c2cc(Br)c(O)c(OC)c2)nc1C. The van der Waals surface area contributed by atoms with Crippen molar-refractivity contribution in [3.05, 3.63) is 104 Å². The summed E-state index contributed by atoms with van der Waals surface area (Å²) in [4.78, 5) is 45.6. The molecule has 1 atom stereocenters. The molecule has 3 aromatic carbocycles. The summed E-state index contributed by atoms with van der Waals surface area (Å²) in [5, 5.41) is 22.1. The van der Waals surface area contributed by atoms with Gasteiger partial charge < -0.3 is 24.4 Å². The van der Waals surface area contributed by atoms with Gasteiger partial charge in [-0.2, -0.15) is 0 Å². The number of anilines is 1. The van der Waals surface area contributed by atoms with Gasteiger partial charge in [0.05, 0.1) is 35.5 Å². The topological polar surface area (TPSA) is 135 Å². The second kappa shape index (κ2) is 13.1. The molecule has 232 valence electrons. The van der Waals surface area contributed by atoms with Gasteiger partial charge in [0.2, 0.25) is 0 Å². The summed E-state index contributed by atoms with van der Waals surface area (Å²) in [5.74, 6) is -2.50. The number of halogens is 1. The summed E-state index contributed by atoms with van der Waals surface area (Å²) in [7, 11) is 1.36. The van der Waals surface area contributed by atoms with Crippen LogP contribution < -0.4 is 14.4 Å². The van der Waals surface area contributed by atoms with Crippen LogP contribution in [-0.2, 0) is 20.9 Å². The molecule has 2 heterocycles. The number of thiazole rings is 1. The van der Waals surface area contributed by atoms with Crippen molar-refractivity contribution in [2.24, 2.45) is 0 Å². The van der Waals surface area contributed by atoms with E-state index in [1.807, 2.05) is 31.2 Å². The van der Waals surface area contributed by atoms with Gasteiger partial charge >= 0.3 is 11.9 Å². The van der Waals surface area contributed by atoms with E-state index in [1.54, 1.807) is 38.1 Å². The first kappa shape index (κ1) is 31.7. The number of ketones is 1. The molecular weight excluding hydrogens is 664 g/mol. The van der Waals surface area contributed by atoms with E-state index in [1.165, 1.54) is 19.2 Å². The van der Waals surface area contributed by atoms with Gasteiger partial charge in [-0.05, 0) is 89.8 Å². The van der Waals surface area contributed by atoms with Crippen molar-refractivity contribution in [2.45, 2.75) is 33.4 Å². The number of carbonyl (C=O) groups is 3. The Kier molecular flexibility index (Phi) is 9.26. The number of phenolic OH excluding ortho intramolecular Hbond substituents is 1. The number of aliphatic hydroxyl groups excluding tert-OH is 1. The number of aliphatic hydroxyl groups is 1. The van der Waals surface area contributed by atoms with Crippen LogP contribution in [0, 0.1) is 13.8 Å². The Labute approximate surface area is 271 Å². The van der Waals surface area contributed by atoms with Crippen molar-refractivity contribution in [1.82, 2.24) is 4.98 Å². The van der Waals surface area contributed by atoms with Gasteiger partial charge in [0, 0.05) is 5.56 Å². The third-order valence-corrected chi connectivity index (χ3v) is 9.01. The summed E-state index contributed by atoms with van der Waals surface area (Å²) in [5.41, 5.74) is 2.84. The number of amides is 1. The lowest BCUT2D eigenvalue weighted by molar-refractivity contribution is -0.132.